The number of nitrogens with two attached hydrogens (primary N) is 1. The third kappa shape index (κ3) is 3.74. The summed E-state index contributed by atoms with van der Waals surface area (Å²) in [5.41, 5.74) is 10.6. The van der Waals surface area contributed by atoms with E-state index < -0.39 is 6.04 Å². The van der Waals surface area contributed by atoms with Gasteiger partial charge in [0.05, 0.1) is 0 Å². The van der Waals surface area contributed by atoms with Crippen LogP contribution in [0.4, 0.5) is 11.4 Å². The molecule has 31 heavy (non-hydrogen) atoms. The van der Waals surface area contributed by atoms with Gasteiger partial charge in [-0.15, -0.1) is 0 Å². The molecule has 8 heteroatoms. The van der Waals surface area contributed by atoms with Gasteiger partial charge in [-0.1, -0.05) is 12.1 Å². The maximum atomic E-state index is 12.9. The van der Waals surface area contributed by atoms with Gasteiger partial charge in [0.15, 0.2) is 0 Å². The van der Waals surface area contributed by atoms with Crippen LogP contribution in [0.15, 0.2) is 42.5 Å². The number of carbonyl (C=O) groups excluding carboxylic acids is 3. The smallest absolute Gasteiger partial charge is 0.255 e. The van der Waals surface area contributed by atoms with E-state index >= 15 is 0 Å². The number of nitrogens with zero attached hydrogens (tertiary/aromatic N) is 2. The highest BCUT2D eigenvalue weighted by Gasteiger charge is 2.39. The van der Waals surface area contributed by atoms with Crippen LogP contribution >= 0.6 is 0 Å². The normalized spacial score (nSPS) is 21.1. The predicted molar refractivity (Wildman–Crippen MR) is 116 cm³/mol. The van der Waals surface area contributed by atoms with E-state index in [-0.39, 0.29) is 30.2 Å². The minimum Gasteiger partial charge on any atom is -0.381 e. The molecule has 0 aromatic heterocycles. The lowest BCUT2D eigenvalue weighted by Crippen LogP contribution is -2.55. The van der Waals surface area contributed by atoms with Gasteiger partial charge in [-0.05, 0) is 47.9 Å². The van der Waals surface area contributed by atoms with Crippen LogP contribution in [0.25, 0.3) is 0 Å². The van der Waals surface area contributed by atoms with Gasteiger partial charge in [0, 0.05) is 55.6 Å². The van der Waals surface area contributed by atoms with Crippen LogP contribution in [0.1, 0.15) is 34.3 Å². The van der Waals surface area contributed by atoms with Crippen LogP contribution in [-0.4, -0.2) is 47.8 Å². The lowest BCUT2D eigenvalue weighted by Gasteiger charge is -2.38. The standard InChI is InChI=1S/C23H25N5O3/c24-16-12-27(13-16)18-5-3-17(4-6-18)25-10-14-1-2-15-11-28(23(31)19(15)9-14)20-7-8-21(29)26-22(20)30/h1-6,9,16,20,25H,7-8,10-13,24H2,(H,26,29,30). The molecule has 3 aliphatic rings. The number of hydrogen-bond acceptors (Lipinski definition) is 6. The second-order valence-electron chi connectivity index (χ2n) is 8.46. The van der Waals surface area contributed by atoms with Crippen molar-refractivity contribution < 1.29 is 14.4 Å². The zero-order valence-corrected chi connectivity index (χ0v) is 17.1. The van der Waals surface area contributed by atoms with Gasteiger partial charge in [-0.3, -0.25) is 19.7 Å². The second-order valence-corrected chi connectivity index (χ2v) is 8.46. The van der Waals surface area contributed by atoms with Gasteiger partial charge in [-0.25, -0.2) is 0 Å². The number of hydrogen-bond donors (Lipinski definition) is 3. The van der Waals surface area contributed by atoms with Crippen LogP contribution in [0.3, 0.4) is 0 Å². The molecule has 0 aliphatic carbocycles. The number of piperidine rings is 1. The number of anilines is 2. The van der Waals surface area contributed by atoms with Crippen LogP contribution in [0.5, 0.6) is 0 Å². The number of nitrogens with one attached hydrogen (secondary N) is 2. The molecule has 3 aliphatic heterocycles. The van der Waals surface area contributed by atoms with E-state index in [1.54, 1.807) is 4.90 Å². The van der Waals surface area contributed by atoms with Crippen molar-refractivity contribution in [1.82, 2.24) is 10.2 Å². The molecule has 3 amide bonds. The summed E-state index contributed by atoms with van der Waals surface area (Å²) in [7, 11) is 0. The van der Waals surface area contributed by atoms with Crippen molar-refractivity contribution in [3.63, 3.8) is 0 Å². The first-order valence-electron chi connectivity index (χ1n) is 10.6. The molecule has 5 rings (SSSR count). The van der Waals surface area contributed by atoms with Crippen LogP contribution < -0.4 is 21.3 Å². The Balaban J connectivity index is 1.22. The monoisotopic (exact) mass is 419 g/mol. The number of carbonyl (C=O) groups is 3. The molecule has 3 heterocycles. The Morgan fingerprint density at radius 2 is 1.84 bits per heavy atom. The van der Waals surface area contributed by atoms with Gasteiger partial charge in [0.2, 0.25) is 11.8 Å². The van der Waals surface area contributed by atoms with Crippen molar-refractivity contribution in [3.8, 4) is 0 Å². The van der Waals surface area contributed by atoms with Crippen molar-refractivity contribution in [2.75, 3.05) is 23.3 Å². The summed E-state index contributed by atoms with van der Waals surface area (Å²) in [6.45, 7) is 2.78. The average molecular weight is 419 g/mol. The molecule has 1 unspecified atom stereocenters. The van der Waals surface area contributed by atoms with Crippen LogP contribution in [-0.2, 0) is 22.7 Å². The van der Waals surface area contributed by atoms with Gasteiger partial charge in [-0.2, -0.15) is 0 Å². The summed E-state index contributed by atoms with van der Waals surface area (Å²) >= 11 is 0. The average Bonchev–Trinajstić information content (AvgIpc) is 3.06. The molecule has 1 atom stereocenters. The first kappa shape index (κ1) is 19.6. The zero-order chi connectivity index (χ0) is 21.5. The van der Waals surface area contributed by atoms with E-state index in [1.807, 2.05) is 30.3 Å². The fourth-order valence-corrected chi connectivity index (χ4v) is 4.43. The molecule has 2 aromatic carbocycles. The minimum absolute atomic E-state index is 0.150. The van der Waals surface area contributed by atoms with Crippen molar-refractivity contribution in [1.29, 1.82) is 0 Å². The zero-order valence-electron chi connectivity index (χ0n) is 17.1. The molecule has 0 bridgehead atoms. The summed E-state index contributed by atoms with van der Waals surface area (Å²) in [5, 5.41) is 5.73. The third-order valence-corrected chi connectivity index (χ3v) is 6.23. The summed E-state index contributed by atoms with van der Waals surface area (Å²) in [4.78, 5) is 40.3. The maximum Gasteiger partial charge on any atom is 0.255 e. The quantitative estimate of drug-likeness (QED) is 0.629. The van der Waals surface area contributed by atoms with E-state index in [1.165, 1.54) is 5.69 Å². The highest BCUT2D eigenvalue weighted by Crippen LogP contribution is 2.28. The highest BCUT2D eigenvalue weighted by molar-refractivity contribution is 6.05. The lowest BCUT2D eigenvalue weighted by atomic mass is 10.0. The predicted octanol–water partition coefficient (Wildman–Crippen LogP) is 1.21. The Labute approximate surface area is 180 Å². The van der Waals surface area contributed by atoms with Gasteiger partial charge >= 0.3 is 0 Å². The molecule has 2 fully saturated rings. The summed E-state index contributed by atoms with van der Waals surface area (Å²) < 4.78 is 0. The Morgan fingerprint density at radius 1 is 1.06 bits per heavy atom. The second kappa shape index (κ2) is 7.70. The molecule has 0 saturated carbocycles. The Hall–Kier alpha value is -3.39. The van der Waals surface area contributed by atoms with E-state index in [0.29, 0.717) is 25.1 Å². The maximum absolute atomic E-state index is 12.9. The molecular formula is C23H25N5O3. The SMILES string of the molecule is NC1CN(c2ccc(NCc3ccc4c(c3)C(=O)N(C3CCC(=O)NC3=O)C4)cc2)C1. The topological polar surface area (TPSA) is 108 Å². The largest absolute Gasteiger partial charge is 0.381 e. The van der Waals surface area contributed by atoms with E-state index in [9.17, 15) is 14.4 Å². The molecule has 2 saturated heterocycles. The summed E-state index contributed by atoms with van der Waals surface area (Å²) in [5.74, 6) is -0.813. The third-order valence-electron chi connectivity index (χ3n) is 6.23. The summed E-state index contributed by atoms with van der Waals surface area (Å²) in [6, 6.07) is 13.8. The summed E-state index contributed by atoms with van der Waals surface area (Å²) in [6.07, 6.45) is 0.632. The van der Waals surface area contributed by atoms with E-state index in [0.717, 1.165) is 29.9 Å². The van der Waals surface area contributed by atoms with Crippen molar-refractivity contribution in [2.24, 2.45) is 5.73 Å². The number of amides is 3. The number of benzene rings is 2. The number of imide groups is 1. The Bertz CT molecular complexity index is 1050. The van der Waals surface area contributed by atoms with Crippen molar-refractivity contribution in [3.05, 3.63) is 59.2 Å². The molecule has 0 spiro atoms. The lowest BCUT2D eigenvalue weighted by molar-refractivity contribution is -0.136. The molecule has 4 N–H and O–H groups in total. The molecular weight excluding hydrogens is 394 g/mol. The van der Waals surface area contributed by atoms with Crippen molar-refractivity contribution >= 4 is 29.1 Å². The molecule has 160 valence electrons. The van der Waals surface area contributed by atoms with E-state index in [4.69, 9.17) is 5.73 Å². The first-order valence-corrected chi connectivity index (χ1v) is 10.6. The number of fused-ring (bicyclic) bond motifs is 1. The molecule has 0 radical (unpaired) electrons. The Kier molecular flexibility index (Phi) is 4.86. The fraction of sp³-hybridized carbons (Fsp3) is 0.348. The highest BCUT2D eigenvalue weighted by atomic mass is 16.2. The van der Waals surface area contributed by atoms with Crippen LogP contribution in [0.2, 0.25) is 0 Å². The van der Waals surface area contributed by atoms with Gasteiger partial charge < -0.3 is 20.9 Å². The fourth-order valence-electron chi connectivity index (χ4n) is 4.43. The number of rotatable bonds is 5. The molecule has 2 aromatic rings. The minimum atomic E-state index is -0.585. The van der Waals surface area contributed by atoms with Crippen LogP contribution in [0, 0.1) is 0 Å². The molecule has 8 nitrogen and oxygen atoms in total. The van der Waals surface area contributed by atoms with E-state index in [2.05, 4.69) is 27.7 Å². The van der Waals surface area contributed by atoms with Gasteiger partial charge in [0.1, 0.15) is 6.04 Å². The first-order chi connectivity index (χ1) is 15.0. The van der Waals surface area contributed by atoms with Gasteiger partial charge in [0.25, 0.3) is 5.91 Å². The van der Waals surface area contributed by atoms with Crippen molar-refractivity contribution in [2.45, 2.75) is 38.0 Å². The Morgan fingerprint density at radius 3 is 2.55 bits per heavy atom.